The zero-order chi connectivity index (χ0) is 29.8. The van der Waals surface area contributed by atoms with Gasteiger partial charge in [-0.05, 0) is 77.5 Å². The summed E-state index contributed by atoms with van der Waals surface area (Å²) in [6.45, 7) is 11.1. The Bertz CT molecular complexity index is 1100. The molecular formula is C30H43N5O5. The summed E-state index contributed by atoms with van der Waals surface area (Å²) in [5.41, 5.74) is 7.91. The van der Waals surface area contributed by atoms with Crippen LogP contribution in [0.25, 0.3) is 11.1 Å². The molecule has 0 fully saturated rings. The maximum absolute atomic E-state index is 12.5. The molecule has 0 saturated carbocycles. The fourth-order valence-electron chi connectivity index (χ4n) is 3.49. The van der Waals surface area contributed by atoms with Gasteiger partial charge < -0.3 is 20.5 Å². The summed E-state index contributed by atoms with van der Waals surface area (Å²) in [4.78, 5) is 41.0. The van der Waals surface area contributed by atoms with Crippen LogP contribution >= 0.6 is 0 Å². The molecule has 10 heteroatoms. The molecule has 0 spiro atoms. The molecule has 0 saturated heterocycles. The third-order valence-corrected chi connectivity index (χ3v) is 5.25. The highest BCUT2D eigenvalue weighted by molar-refractivity contribution is 6.01. The first-order valence-corrected chi connectivity index (χ1v) is 13.4. The van der Waals surface area contributed by atoms with Crippen molar-refractivity contribution in [1.82, 2.24) is 16.0 Å². The van der Waals surface area contributed by atoms with E-state index in [2.05, 4.69) is 33.1 Å². The molecule has 10 nitrogen and oxygen atoms in total. The van der Waals surface area contributed by atoms with Crippen LogP contribution in [0, 0.1) is 0 Å². The third-order valence-electron chi connectivity index (χ3n) is 5.25. The summed E-state index contributed by atoms with van der Waals surface area (Å²) in [7, 11) is 0. The number of unbranched alkanes of at least 4 members (excludes halogenated alkanes) is 1. The number of alkyl carbamates (subject to hydrolysis) is 2. The summed E-state index contributed by atoms with van der Waals surface area (Å²) in [5, 5.41) is 7.73. The van der Waals surface area contributed by atoms with Crippen molar-refractivity contribution >= 4 is 24.1 Å². The number of amides is 3. The minimum Gasteiger partial charge on any atom is -0.444 e. The molecule has 1 atom stereocenters. The van der Waals surface area contributed by atoms with E-state index in [-0.39, 0.29) is 18.4 Å². The van der Waals surface area contributed by atoms with Crippen LogP contribution in [0.2, 0.25) is 0 Å². The Morgan fingerprint density at radius 2 is 1.32 bits per heavy atom. The van der Waals surface area contributed by atoms with Crippen LogP contribution < -0.4 is 21.7 Å². The summed E-state index contributed by atoms with van der Waals surface area (Å²) in [6.07, 6.45) is 0.143. The maximum atomic E-state index is 12.5. The van der Waals surface area contributed by atoms with Crippen molar-refractivity contribution in [2.75, 3.05) is 13.1 Å². The zero-order valence-electron chi connectivity index (χ0n) is 24.4. The minimum absolute atomic E-state index is 0.0761. The Morgan fingerprint density at radius 3 is 1.85 bits per heavy atom. The van der Waals surface area contributed by atoms with Gasteiger partial charge in [-0.25, -0.2) is 9.59 Å². The number of nitrogens with zero attached hydrogens (tertiary/aromatic N) is 1. The quantitative estimate of drug-likeness (QED) is 0.204. The molecular weight excluding hydrogens is 510 g/mol. The molecule has 0 aliphatic heterocycles. The Hall–Kier alpha value is -3.92. The zero-order valence-corrected chi connectivity index (χ0v) is 24.4. The summed E-state index contributed by atoms with van der Waals surface area (Å²) < 4.78 is 10.5. The molecule has 0 radical (unpaired) electrons. The van der Waals surface area contributed by atoms with Crippen molar-refractivity contribution in [3.8, 4) is 11.1 Å². The van der Waals surface area contributed by atoms with Crippen LogP contribution in [0.15, 0.2) is 59.6 Å². The standard InChI is InChI=1S/C30H43N5O5/c1-29(2,3)39-27(37)34-26(35-28(38)40-30(4,5)6)33-19-11-10-18-32-25(36)24(31)20-21-14-16-23(17-15-21)22-12-8-7-9-13-22/h7-9,12-17,24H,10-11,18-20,31H2,1-6H3,(H,32,36)(H2,33,34,35,37,38). The average molecular weight is 554 g/mol. The van der Waals surface area contributed by atoms with Crippen LogP contribution in [-0.4, -0.2) is 54.4 Å². The maximum Gasteiger partial charge on any atom is 0.414 e. The Kier molecular flexibility index (Phi) is 12.1. The Labute approximate surface area is 237 Å². The highest BCUT2D eigenvalue weighted by Crippen LogP contribution is 2.19. The highest BCUT2D eigenvalue weighted by Gasteiger charge is 2.21. The molecule has 1 unspecified atom stereocenters. The Balaban J connectivity index is 1.79. The molecule has 0 bridgehead atoms. The normalized spacial score (nSPS) is 12.1. The van der Waals surface area contributed by atoms with Gasteiger partial charge in [-0.1, -0.05) is 54.6 Å². The molecule has 0 heterocycles. The van der Waals surface area contributed by atoms with Crippen molar-refractivity contribution in [2.45, 2.75) is 78.0 Å². The molecule has 0 aliphatic carbocycles. The molecule has 0 aliphatic rings. The number of benzene rings is 2. The molecule has 2 rings (SSSR count). The topological polar surface area (TPSA) is 144 Å². The van der Waals surface area contributed by atoms with Gasteiger partial charge >= 0.3 is 12.2 Å². The lowest BCUT2D eigenvalue weighted by Crippen LogP contribution is -2.47. The smallest absolute Gasteiger partial charge is 0.414 e. The predicted molar refractivity (Wildman–Crippen MR) is 157 cm³/mol. The van der Waals surface area contributed by atoms with Gasteiger partial charge in [0.1, 0.15) is 11.2 Å². The number of carbonyl (C=O) groups excluding carboxylic acids is 3. The lowest BCUT2D eigenvalue weighted by Gasteiger charge is -2.22. The molecule has 2 aromatic rings. The summed E-state index contributed by atoms with van der Waals surface area (Å²) in [6, 6.07) is 17.4. The van der Waals surface area contributed by atoms with E-state index in [9.17, 15) is 14.4 Å². The summed E-state index contributed by atoms with van der Waals surface area (Å²) >= 11 is 0. The number of aliphatic imine (C=N–C) groups is 1. The lowest BCUT2D eigenvalue weighted by atomic mass is 10.0. The monoisotopic (exact) mass is 553 g/mol. The molecule has 0 aromatic heterocycles. The van der Waals surface area contributed by atoms with Crippen molar-refractivity contribution < 1.29 is 23.9 Å². The van der Waals surface area contributed by atoms with Crippen molar-refractivity contribution in [1.29, 1.82) is 0 Å². The van der Waals surface area contributed by atoms with Gasteiger partial charge in [0.25, 0.3) is 0 Å². The second-order valence-corrected chi connectivity index (χ2v) is 11.4. The number of rotatable bonds is 9. The number of nitrogens with one attached hydrogen (secondary N) is 3. The first kappa shape index (κ1) is 32.3. The van der Waals surface area contributed by atoms with Crippen LogP contribution in [0.1, 0.15) is 59.9 Å². The number of ether oxygens (including phenoxy) is 2. The minimum atomic E-state index is -0.752. The van der Waals surface area contributed by atoms with Crippen molar-refractivity contribution in [3.63, 3.8) is 0 Å². The van der Waals surface area contributed by atoms with Gasteiger partial charge in [-0.3, -0.25) is 20.4 Å². The second kappa shape index (κ2) is 15.0. The third kappa shape index (κ3) is 13.2. The molecule has 3 amide bonds. The van der Waals surface area contributed by atoms with Gasteiger partial charge in [-0.15, -0.1) is 0 Å². The number of guanidine groups is 1. The van der Waals surface area contributed by atoms with E-state index in [0.717, 1.165) is 16.7 Å². The van der Waals surface area contributed by atoms with Gasteiger partial charge in [-0.2, -0.15) is 0 Å². The van der Waals surface area contributed by atoms with Crippen LogP contribution in [-0.2, 0) is 20.7 Å². The number of hydrogen-bond acceptors (Lipinski definition) is 7. The van der Waals surface area contributed by atoms with E-state index in [1.165, 1.54) is 0 Å². The first-order valence-electron chi connectivity index (χ1n) is 13.4. The lowest BCUT2D eigenvalue weighted by molar-refractivity contribution is -0.122. The van der Waals surface area contributed by atoms with Crippen LogP contribution in [0.3, 0.4) is 0 Å². The van der Waals surface area contributed by atoms with E-state index in [1.807, 2.05) is 42.5 Å². The van der Waals surface area contributed by atoms with E-state index >= 15 is 0 Å². The summed E-state index contributed by atoms with van der Waals surface area (Å²) in [5.74, 6) is -0.303. The van der Waals surface area contributed by atoms with E-state index in [4.69, 9.17) is 15.2 Å². The second-order valence-electron chi connectivity index (χ2n) is 11.4. The fraction of sp³-hybridized carbons (Fsp3) is 0.467. The van der Waals surface area contributed by atoms with Crippen LogP contribution in [0.4, 0.5) is 9.59 Å². The Morgan fingerprint density at radius 1 is 0.800 bits per heavy atom. The van der Waals surface area contributed by atoms with Gasteiger partial charge in [0.05, 0.1) is 6.04 Å². The van der Waals surface area contributed by atoms with Crippen molar-refractivity contribution in [3.05, 3.63) is 60.2 Å². The fourth-order valence-corrected chi connectivity index (χ4v) is 3.49. The van der Waals surface area contributed by atoms with E-state index in [0.29, 0.717) is 25.8 Å². The van der Waals surface area contributed by atoms with Gasteiger partial charge in [0.2, 0.25) is 11.9 Å². The SMILES string of the molecule is CC(C)(C)OC(=O)NC(=NCCCCNC(=O)C(N)Cc1ccc(-c2ccccc2)cc1)NC(=O)OC(C)(C)C. The molecule has 2 aromatic carbocycles. The van der Waals surface area contributed by atoms with Crippen LogP contribution in [0.5, 0.6) is 0 Å². The predicted octanol–water partition coefficient (Wildman–Crippen LogP) is 4.53. The number of hydrogen-bond donors (Lipinski definition) is 4. The van der Waals surface area contributed by atoms with Gasteiger partial charge in [0, 0.05) is 13.1 Å². The highest BCUT2D eigenvalue weighted by atomic mass is 16.6. The number of nitrogens with two attached hydrogens (primary N) is 1. The first-order chi connectivity index (χ1) is 18.7. The van der Waals surface area contributed by atoms with E-state index in [1.54, 1.807) is 41.5 Å². The van der Waals surface area contributed by atoms with Gasteiger partial charge in [0.15, 0.2) is 0 Å². The molecule has 5 N–H and O–H groups in total. The van der Waals surface area contributed by atoms with E-state index < -0.39 is 29.4 Å². The largest absolute Gasteiger partial charge is 0.444 e. The molecule has 40 heavy (non-hydrogen) atoms. The number of carbonyl (C=O) groups is 3. The molecule has 218 valence electrons. The van der Waals surface area contributed by atoms with Crippen molar-refractivity contribution in [2.24, 2.45) is 10.7 Å². The average Bonchev–Trinajstić information content (AvgIpc) is 2.84.